The van der Waals surface area contributed by atoms with Gasteiger partial charge in [-0.05, 0) is 61.1 Å². The van der Waals surface area contributed by atoms with E-state index in [0.29, 0.717) is 32.4 Å². The first kappa shape index (κ1) is 34.7. The van der Waals surface area contributed by atoms with Gasteiger partial charge in [0.2, 0.25) is 27.7 Å². The van der Waals surface area contributed by atoms with E-state index in [9.17, 15) is 32.4 Å². The van der Waals surface area contributed by atoms with Crippen LogP contribution in [0, 0.1) is 11.8 Å². The van der Waals surface area contributed by atoms with Crippen molar-refractivity contribution in [1.82, 2.24) is 25.2 Å². The second-order valence-electron chi connectivity index (χ2n) is 14.2. The molecule has 3 N–H and O–H groups in total. The quantitative estimate of drug-likeness (QED) is 0.366. The number of ether oxygens (including phenoxy) is 1. The summed E-state index contributed by atoms with van der Waals surface area (Å²) in [5.74, 6) is -3.16. The van der Waals surface area contributed by atoms with E-state index in [4.69, 9.17) is 4.74 Å². The third-order valence-corrected chi connectivity index (χ3v) is 12.0. The first-order valence-corrected chi connectivity index (χ1v) is 18.7. The topological polar surface area (TPSA) is 171 Å². The van der Waals surface area contributed by atoms with Crippen LogP contribution in [0.1, 0.15) is 81.9 Å². The molecule has 3 fully saturated rings. The van der Waals surface area contributed by atoms with Gasteiger partial charge in [-0.1, -0.05) is 50.3 Å². The summed E-state index contributed by atoms with van der Waals surface area (Å²) in [6.45, 7) is 7.95. The highest BCUT2D eigenvalue weighted by molar-refractivity contribution is 7.91. The van der Waals surface area contributed by atoms with Crippen molar-refractivity contribution in [2.45, 2.75) is 107 Å². The fourth-order valence-electron chi connectivity index (χ4n) is 7.04. The maximum absolute atomic E-state index is 14.2. The Kier molecular flexibility index (Phi) is 9.62. The van der Waals surface area contributed by atoms with Gasteiger partial charge in [0.25, 0.3) is 5.91 Å². The van der Waals surface area contributed by atoms with Gasteiger partial charge < -0.3 is 20.3 Å². The van der Waals surface area contributed by atoms with Gasteiger partial charge in [-0.15, -0.1) is 6.58 Å². The van der Waals surface area contributed by atoms with Crippen LogP contribution in [0.4, 0.5) is 4.79 Å². The summed E-state index contributed by atoms with van der Waals surface area (Å²) < 4.78 is 33.3. The minimum atomic E-state index is -3.89. The maximum Gasteiger partial charge on any atom is 0.410 e. The number of sulfonamides is 1. The number of benzene rings is 1. The van der Waals surface area contributed by atoms with Crippen LogP contribution >= 0.6 is 0 Å². The van der Waals surface area contributed by atoms with Gasteiger partial charge in [-0.25, -0.2) is 13.2 Å². The van der Waals surface area contributed by atoms with E-state index in [1.165, 1.54) is 11.0 Å². The number of allylic oxidation sites excluding steroid dienone is 1. The lowest BCUT2D eigenvalue weighted by molar-refractivity contribution is -0.143. The molecule has 49 heavy (non-hydrogen) atoms. The number of rotatable bonds is 7. The Bertz CT molecular complexity index is 1690. The molecule has 0 aromatic heterocycles. The molecule has 0 radical (unpaired) electrons. The highest BCUT2D eigenvalue weighted by atomic mass is 32.2. The van der Waals surface area contributed by atoms with Crippen molar-refractivity contribution >= 4 is 45.8 Å². The Morgan fingerprint density at radius 1 is 1.14 bits per heavy atom. The van der Waals surface area contributed by atoms with E-state index in [2.05, 4.69) is 28.0 Å². The van der Waals surface area contributed by atoms with Crippen molar-refractivity contribution in [3.05, 3.63) is 53.6 Å². The minimum Gasteiger partial charge on any atom is -0.444 e. The molecule has 5 aliphatic rings. The second-order valence-corrected chi connectivity index (χ2v) is 16.2. The molecule has 2 aliphatic carbocycles. The normalized spacial score (nSPS) is 29.7. The summed E-state index contributed by atoms with van der Waals surface area (Å²) in [5, 5.41) is 4.97. The van der Waals surface area contributed by atoms with Gasteiger partial charge in [-0.3, -0.25) is 28.8 Å². The Hall–Kier alpha value is -4.20. The number of nitrogens with zero attached hydrogens (tertiary/aromatic N) is 2. The zero-order chi connectivity index (χ0) is 35.1. The van der Waals surface area contributed by atoms with Crippen LogP contribution < -0.4 is 15.4 Å². The van der Waals surface area contributed by atoms with Crippen LogP contribution in [0.25, 0.3) is 6.08 Å². The lowest BCUT2D eigenvalue weighted by atomic mass is 10.0. The van der Waals surface area contributed by atoms with E-state index >= 15 is 0 Å². The Morgan fingerprint density at radius 3 is 2.61 bits per heavy atom. The van der Waals surface area contributed by atoms with Crippen molar-refractivity contribution in [3.63, 3.8) is 0 Å². The highest BCUT2D eigenvalue weighted by Gasteiger charge is 2.62. The molecule has 2 saturated carbocycles. The summed E-state index contributed by atoms with van der Waals surface area (Å²) in [5.41, 5.74) is 1.51. The maximum atomic E-state index is 14.2. The smallest absolute Gasteiger partial charge is 0.410 e. The molecule has 3 heterocycles. The lowest BCUT2D eigenvalue weighted by Crippen LogP contribution is -2.59. The molecule has 5 atom stereocenters. The molecule has 1 aromatic carbocycles. The number of hydrogen-bond donors (Lipinski definition) is 3. The SMILES string of the molecule is C=C[C@@H]1C[C@@]1(NC(=O)[C@@H]1C[C@@H]2CN1C(=O)[C@H](C(C)C)NC(=O)CCCC/C=C/c1cccc3c1CN(C3)C(=O)O2)C(=O)NS(=O)(=O)C1CC1. The van der Waals surface area contributed by atoms with Gasteiger partial charge in [0.15, 0.2) is 0 Å². The van der Waals surface area contributed by atoms with Crippen molar-refractivity contribution in [1.29, 1.82) is 0 Å². The molecule has 0 spiro atoms. The average molecular weight is 696 g/mol. The van der Waals surface area contributed by atoms with Gasteiger partial charge in [0.1, 0.15) is 23.7 Å². The van der Waals surface area contributed by atoms with Crippen LogP contribution in [0.5, 0.6) is 0 Å². The molecule has 1 aromatic rings. The summed E-state index contributed by atoms with van der Waals surface area (Å²) in [6.07, 6.45) is 7.58. The van der Waals surface area contributed by atoms with Gasteiger partial charge >= 0.3 is 6.09 Å². The van der Waals surface area contributed by atoms with Gasteiger partial charge in [-0.2, -0.15) is 0 Å². The third kappa shape index (κ3) is 7.24. The van der Waals surface area contributed by atoms with Crippen molar-refractivity contribution < 1.29 is 37.1 Å². The van der Waals surface area contributed by atoms with E-state index in [1.807, 2.05) is 24.3 Å². The van der Waals surface area contributed by atoms with E-state index < -0.39 is 68.7 Å². The minimum absolute atomic E-state index is 0.0479. The third-order valence-electron chi connectivity index (χ3n) is 10.2. The number of nitrogens with one attached hydrogen (secondary N) is 3. The number of fused-ring (bicyclic) bond motifs is 3. The summed E-state index contributed by atoms with van der Waals surface area (Å²) in [7, 11) is -3.89. The van der Waals surface area contributed by atoms with E-state index in [1.54, 1.807) is 18.7 Å². The lowest BCUT2D eigenvalue weighted by Gasteiger charge is -2.31. The van der Waals surface area contributed by atoms with Crippen LogP contribution in [0.3, 0.4) is 0 Å². The summed E-state index contributed by atoms with van der Waals surface area (Å²) >= 11 is 0. The summed E-state index contributed by atoms with van der Waals surface area (Å²) in [6, 6.07) is 3.82. The van der Waals surface area contributed by atoms with Gasteiger partial charge in [0.05, 0.1) is 18.3 Å². The Balaban J connectivity index is 1.26. The van der Waals surface area contributed by atoms with Crippen LogP contribution in [0.2, 0.25) is 0 Å². The molecule has 3 aliphatic heterocycles. The van der Waals surface area contributed by atoms with E-state index in [-0.39, 0.29) is 37.6 Å². The predicted molar refractivity (Wildman–Crippen MR) is 180 cm³/mol. The number of hydrogen-bond acceptors (Lipinski definition) is 8. The fraction of sp³-hybridized carbons (Fsp3) is 0.571. The first-order valence-electron chi connectivity index (χ1n) is 17.2. The zero-order valence-electron chi connectivity index (χ0n) is 28.0. The van der Waals surface area contributed by atoms with Crippen molar-refractivity contribution in [2.75, 3.05) is 6.54 Å². The largest absolute Gasteiger partial charge is 0.444 e. The average Bonchev–Trinajstić information content (AvgIpc) is 3.95. The number of carbonyl (C=O) groups is 5. The zero-order valence-corrected chi connectivity index (χ0v) is 28.8. The van der Waals surface area contributed by atoms with Crippen LogP contribution in [-0.2, 0) is 47.0 Å². The van der Waals surface area contributed by atoms with Gasteiger partial charge in [0, 0.05) is 25.3 Å². The highest BCUT2D eigenvalue weighted by Crippen LogP contribution is 2.45. The summed E-state index contributed by atoms with van der Waals surface area (Å²) in [4.78, 5) is 71.0. The Labute approximate surface area is 286 Å². The van der Waals surface area contributed by atoms with Crippen LogP contribution in [0.15, 0.2) is 36.9 Å². The molecular weight excluding hydrogens is 650 g/mol. The second kappa shape index (κ2) is 13.6. The molecular formula is C35H45N5O8S. The molecule has 13 nitrogen and oxygen atoms in total. The van der Waals surface area contributed by atoms with Crippen molar-refractivity contribution in [3.8, 4) is 0 Å². The predicted octanol–water partition coefficient (Wildman–Crippen LogP) is 2.51. The van der Waals surface area contributed by atoms with Crippen LogP contribution in [-0.4, -0.2) is 83.5 Å². The molecule has 1 saturated heterocycles. The first-order chi connectivity index (χ1) is 23.3. The standard InChI is InChI=1S/C35H45N5O8S/c1-4-24-17-35(24,33(44)38-49(46,47)26-14-15-26)37-31(42)28-16-25-19-40(28)32(43)30(21(2)3)36-29(41)13-8-6-5-7-10-22-11-9-12-23-18-39(20-27(22)23)34(45)48-25/h4,7,9-12,21,24-26,28,30H,1,5-6,8,13-20H2,2-3H3,(H,36,41)(H,37,42)(H,38,44)/b10-7+/t24-,25-,28+,30+,35+/m1/s1. The molecule has 5 amide bonds. The molecule has 4 bridgehead atoms. The molecule has 6 rings (SSSR count). The van der Waals surface area contributed by atoms with Crippen molar-refractivity contribution in [2.24, 2.45) is 11.8 Å². The number of carbonyl (C=O) groups excluding carboxylic acids is 5. The molecule has 14 heteroatoms. The monoisotopic (exact) mass is 695 g/mol. The molecule has 0 unspecified atom stereocenters. The number of amides is 5. The fourth-order valence-corrected chi connectivity index (χ4v) is 8.40. The van der Waals surface area contributed by atoms with E-state index in [0.717, 1.165) is 29.5 Å². The molecule has 264 valence electrons. The Morgan fingerprint density at radius 2 is 1.92 bits per heavy atom.